The molecule has 0 unspecified atom stereocenters. The number of carbonyl (C=O) groups excluding carboxylic acids is 2. The Hall–Kier alpha value is -3.49. The zero-order valence-electron chi connectivity index (χ0n) is 16.4. The number of aryl methyl sites for hydroxylation is 1. The lowest BCUT2D eigenvalue weighted by atomic mass is 9.93. The number of aromatic nitrogens is 5. The van der Waals surface area contributed by atoms with Crippen LogP contribution in [0.2, 0.25) is 0 Å². The molecule has 2 amide bonds. The van der Waals surface area contributed by atoms with E-state index >= 15 is 0 Å². The molecule has 1 aromatic carbocycles. The number of nitrogens with one attached hydrogen (secondary N) is 1. The zero-order valence-corrected chi connectivity index (χ0v) is 16.4. The van der Waals surface area contributed by atoms with Crippen LogP contribution in [-0.2, 0) is 7.05 Å². The van der Waals surface area contributed by atoms with Gasteiger partial charge in [0.1, 0.15) is 0 Å². The summed E-state index contributed by atoms with van der Waals surface area (Å²) < 4.78 is 1.52. The highest BCUT2D eigenvalue weighted by atomic mass is 16.2. The Morgan fingerprint density at radius 3 is 2.52 bits per heavy atom. The van der Waals surface area contributed by atoms with Crippen LogP contribution in [0.4, 0.5) is 5.69 Å². The van der Waals surface area contributed by atoms with Gasteiger partial charge in [-0.3, -0.25) is 19.4 Å². The maximum atomic E-state index is 12.7. The molecule has 1 N–H and O–H groups in total. The second kappa shape index (κ2) is 7.86. The van der Waals surface area contributed by atoms with E-state index in [1.165, 1.54) is 4.68 Å². The molecule has 1 aliphatic heterocycles. The number of likely N-dealkylation sites (tertiary alicyclic amines) is 1. The molecule has 9 nitrogen and oxygen atoms in total. The molecule has 2 aromatic heterocycles. The quantitative estimate of drug-likeness (QED) is 0.729. The van der Waals surface area contributed by atoms with Crippen LogP contribution in [0.25, 0.3) is 0 Å². The van der Waals surface area contributed by atoms with E-state index < -0.39 is 0 Å². The minimum Gasteiger partial charge on any atom is -0.337 e. The first kappa shape index (κ1) is 18.9. The van der Waals surface area contributed by atoms with E-state index in [1.807, 2.05) is 36.4 Å². The molecule has 0 atom stereocenters. The number of piperidine rings is 1. The molecule has 1 saturated heterocycles. The van der Waals surface area contributed by atoms with Crippen LogP contribution in [0.5, 0.6) is 0 Å². The van der Waals surface area contributed by atoms with Gasteiger partial charge >= 0.3 is 0 Å². The Morgan fingerprint density at radius 1 is 1.14 bits per heavy atom. The lowest BCUT2D eigenvalue weighted by Crippen LogP contribution is -2.38. The average molecular weight is 393 g/mol. The van der Waals surface area contributed by atoms with Crippen LogP contribution in [0.1, 0.15) is 45.4 Å². The van der Waals surface area contributed by atoms with E-state index in [4.69, 9.17) is 0 Å². The Labute approximate surface area is 168 Å². The van der Waals surface area contributed by atoms with Gasteiger partial charge in [0.2, 0.25) is 0 Å². The number of anilines is 1. The van der Waals surface area contributed by atoms with Crippen molar-refractivity contribution in [3.63, 3.8) is 0 Å². The topological polar surface area (TPSA) is 100 Å². The van der Waals surface area contributed by atoms with Gasteiger partial charge in [-0.05, 0) is 31.0 Å². The molecular formula is C20H23N7O2. The number of nitrogens with zero attached hydrogens (tertiary/aromatic N) is 6. The van der Waals surface area contributed by atoms with Crippen LogP contribution >= 0.6 is 0 Å². The van der Waals surface area contributed by atoms with Crippen molar-refractivity contribution in [2.75, 3.05) is 25.0 Å². The maximum Gasteiger partial charge on any atom is 0.278 e. The van der Waals surface area contributed by atoms with Crippen molar-refractivity contribution in [2.45, 2.75) is 18.8 Å². The number of rotatable bonds is 4. The van der Waals surface area contributed by atoms with Crippen molar-refractivity contribution in [3.05, 3.63) is 59.7 Å². The number of carbonyl (C=O) groups is 2. The first-order valence-electron chi connectivity index (χ1n) is 9.57. The van der Waals surface area contributed by atoms with Gasteiger partial charge in [-0.25, -0.2) is 0 Å². The van der Waals surface area contributed by atoms with Gasteiger partial charge in [0, 0.05) is 44.5 Å². The van der Waals surface area contributed by atoms with Crippen molar-refractivity contribution in [1.29, 1.82) is 0 Å². The molecule has 9 heteroatoms. The SMILES string of the molecule is CN(C(=O)c1cc(C2CCN(C(=O)c3cn(C)nn3)CC2)[nH]n1)c1ccccc1. The highest BCUT2D eigenvalue weighted by Crippen LogP contribution is 2.28. The molecule has 150 valence electrons. The summed E-state index contributed by atoms with van der Waals surface area (Å²) in [5.74, 6) is -0.0209. The highest BCUT2D eigenvalue weighted by molar-refractivity contribution is 6.04. The smallest absolute Gasteiger partial charge is 0.278 e. The van der Waals surface area contributed by atoms with Gasteiger partial charge in [-0.1, -0.05) is 23.4 Å². The van der Waals surface area contributed by atoms with Crippen LogP contribution in [-0.4, -0.2) is 62.0 Å². The number of aromatic amines is 1. The number of benzene rings is 1. The molecule has 1 fully saturated rings. The van der Waals surface area contributed by atoms with Crippen molar-refractivity contribution < 1.29 is 9.59 Å². The summed E-state index contributed by atoms with van der Waals surface area (Å²) in [5, 5.41) is 15.0. The Balaban J connectivity index is 1.38. The van der Waals surface area contributed by atoms with Crippen LogP contribution in [0.3, 0.4) is 0 Å². The predicted molar refractivity (Wildman–Crippen MR) is 107 cm³/mol. The molecule has 0 aliphatic carbocycles. The summed E-state index contributed by atoms with van der Waals surface area (Å²) in [4.78, 5) is 28.6. The normalized spacial score (nSPS) is 14.8. The number of hydrogen-bond donors (Lipinski definition) is 1. The van der Waals surface area contributed by atoms with Gasteiger partial charge in [0.15, 0.2) is 11.4 Å². The van der Waals surface area contributed by atoms with Crippen LogP contribution in [0, 0.1) is 0 Å². The molecule has 3 aromatic rings. The minimum atomic E-state index is -0.158. The summed E-state index contributed by atoms with van der Waals surface area (Å²) in [6, 6.07) is 11.3. The highest BCUT2D eigenvalue weighted by Gasteiger charge is 2.28. The minimum absolute atomic E-state index is 0.0958. The summed E-state index contributed by atoms with van der Waals surface area (Å²) >= 11 is 0. The van der Waals surface area contributed by atoms with E-state index in [2.05, 4.69) is 20.5 Å². The molecule has 3 heterocycles. The monoisotopic (exact) mass is 393 g/mol. The van der Waals surface area contributed by atoms with Crippen molar-refractivity contribution in [1.82, 2.24) is 30.1 Å². The third-order valence-corrected chi connectivity index (χ3v) is 5.31. The van der Waals surface area contributed by atoms with Gasteiger partial charge < -0.3 is 9.80 Å². The zero-order chi connectivity index (χ0) is 20.4. The third kappa shape index (κ3) is 3.89. The maximum absolute atomic E-state index is 12.7. The fourth-order valence-electron chi connectivity index (χ4n) is 3.60. The van der Waals surface area contributed by atoms with Crippen molar-refractivity contribution >= 4 is 17.5 Å². The third-order valence-electron chi connectivity index (χ3n) is 5.31. The van der Waals surface area contributed by atoms with Gasteiger partial charge in [0.25, 0.3) is 11.8 Å². The average Bonchev–Trinajstić information content (AvgIpc) is 3.42. The van der Waals surface area contributed by atoms with E-state index in [1.54, 1.807) is 30.1 Å². The fourth-order valence-corrected chi connectivity index (χ4v) is 3.60. The molecule has 4 rings (SSSR count). The van der Waals surface area contributed by atoms with Gasteiger partial charge in [-0.2, -0.15) is 5.10 Å². The van der Waals surface area contributed by atoms with E-state index in [-0.39, 0.29) is 17.7 Å². The van der Waals surface area contributed by atoms with E-state index in [0.29, 0.717) is 24.5 Å². The number of hydrogen-bond acceptors (Lipinski definition) is 5. The van der Waals surface area contributed by atoms with Gasteiger partial charge in [0.05, 0.1) is 6.20 Å². The lowest BCUT2D eigenvalue weighted by molar-refractivity contribution is 0.0706. The van der Waals surface area contributed by atoms with Crippen LogP contribution < -0.4 is 4.90 Å². The second-order valence-corrected chi connectivity index (χ2v) is 7.25. The van der Waals surface area contributed by atoms with Crippen molar-refractivity contribution in [3.8, 4) is 0 Å². The molecule has 0 spiro atoms. The van der Waals surface area contributed by atoms with Crippen molar-refractivity contribution in [2.24, 2.45) is 7.05 Å². The molecule has 0 saturated carbocycles. The second-order valence-electron chi connectivity index (χ2n) is 7.25. The summed E-state index contributed by atoms with van der Waals surface area (Å²) in [7, 11) is 3.48. The largest absolute Gasteiger partial charge is 0.337 e. The Kier molecular flexibility index (Phi) is 5.11. The standard InChI is InChI=1S/C20H23N7O2/c1-25-13-18(23-24-25)20(29)27-10-8-14(9-11-27)16-12-17(22-21-16)19(28)26(2)15-6-4-3-5-7-15/h3-7,12-14H,8-11H2,1-2H3,(H,21,22). The number of H-pyrrole nitrogens is 1. The molecule has 0 radical (unpaired) electrons. The first-order valence-corrected chi connectivity index (χ1v) is 9.57. The summed E-state index contributed by atoms with van der Waals surface area (Å²) in [5.41, 5.74) is 2.51. The fraction of sp³-hybridized carbons (Fsp3) is 0.350. The Morgan fingerprint density at radius 2 is 1.86 bits per heavy atom. The predicted octanol–water partition coefficient (Wildman–Crippen LogP) is 1.83. The molecule has 29 heavy (non-hydrogen) atoms. The van der Waals surface area contributed by atoms with E-state index in [0.717, 1.165) is 24.2 Å². The van der Waals surface area contributed by atoms with Crippen LogP contribution in [0.15, 0.2) is 42.6 Å². The first-order chi connectivity index (χ1) is 14.0. The summed E-state index contributed by atoms with van der Waals surface area (Å²) in [6.07, 6.45) is 3.23. The Bertz CT molecular complexity index is 1000. The molecular weight excluding hydrogens is 370 g/mol. The number of para-hydroxylation sites is 1. The summed E-state index contributed by atoms with van der Waals surface area (Å²) in [6.45, 7) is 1.26. The van der Waals surface area contributed by atoms with Gasteiger partial charge in [-0.15, -0.1) is 5.10 Å². The molecule has 1 aliphatic rings. The van der Waals surface area contributed by atoms with E-state index in [9.17, 15) is 9.59 Å². The number of amides is 2. The molecule has 0 bridgehead atoms. The lowest BCUT2D eigenvalue weighted by Gasteiger charge is -2.30.